The summed E-state index contributed by atoms with van der Waals surface area (Å²) < 4.78 is 259. The second kappa shape index (κ2) is 23.0. The summed E-state index contributed by atoms with van der Waals surface area (Å²) in [7, 11) is -2.57. The fraction of sp³-hybridized carbons (Fsp3) is 0.571. The van der Waals surface area contributed by atoms with Crippen molar-refractivity contribution in [2.75, 3.05) is 25.6 Å². The van der Waals surface area contributed by atoms with Crippen LogP contribution in [0.2, 0.25) is 17.1 Å². The average Bonchev–Trinajstić information content (AvgIpc) is 3.25. The third-order valence-electron chi connectivity index (χ3n) is 11.0. The highest BCUT2D eigenvalue weighted by atomic mass is 28.4. The first kappa shape index (κ1) is 60.3. The van der Waals surface area contributed by atoms with Gasteiger partial charge in [-0.1, -0.05) is 65.0 Å². The Balaban J connectivity index is 2.29. The summed E-state index contributed by atoms with van der Waals surface area (Å²) in [6.07, 6.45) is -5.57. The van der Waals surface area contributed by atoms with Crippen molar-refractivity contribution >= 4 is 26.0 Å². The van der Waals surface area contributed by atoms with Crippen LogP contribution in [0.3, 0.4) is 0 Å². The Morgan fingerprint density at radius 2 is 1.16 bits per heavy atom. The fourth-order valence-corrected chi connectivity index (χ4v) is 11.3. The van der Waals surface area contributed by atoms with Gasteiger partial charge in [-0.2, -0.15) is 74.6 Å². The molecule has 0 fully saturated rings. The number of hydroxylamine groups is 1. The lowest BCUT2D eigenvalue weighted by atomic mass is 9.88. The van der Waals surface area contributed by atoms with Crippen molar-refractivity contribution in [3.8, 4) is 11.5 Å². The molecule has 0 aliphatic heterocycles. The minimum atomic E-state index is -8.70. The molecule has 2 aromatic carbocycles. The predicted octanol–water partition coefficient (Wildman–Crippen LogP) is 13.6. The van der Waals surface area contributed by atoms with Crippen molar-refractivity contribution in [3.63, 3.8) is 0 Å². The summed E-state index contributed by atoms with van der Waals surface area (Å²) in [5.41, 5.74) is 0.478. The number of carbonyl (C=O) groups excluding carboxylic acids is 2. The van der Waals surface area contributed by atoms with Crippen molar-refractivity contribution in [2.45, 2.75) is 125 Å². The zero-order chi connectivity index (χ0) is 53.2. The standard InChI is InChI=1S/C42H49F17N2O7Si/c1-25(2)69(26(3)4,24-21-35(43,44)36(45,46)37(47,48)38(49,50)39(51,52)40(53,54)41(55,56)42(57,58)59)67-23-22-66-31-17-13-28(14-18-31)33(27(5)11-9-7-8-10-12-32(62)61-64)68-34(63)60-29-15-19-30(65-6)20-16-29/h7-8,10,12-20,25-27,33,64H,9,11,21-24H2,1-6H3,(H,60,63)(H,61,62)/b8-7+,12-10+/t27-,33+/m0/s1. The summed E-state index contributed by atoms with van der Waals surface area (Å²) in [4.78, 5) is 24.2. The molecule has 27 heteroatoms. The second-order valence-corrected chi connectivity index (χ2v) is 21.2. The average molecular weight is 1040 g/mol. The number of anilines is 1. The molecule has 0 aliphatic carbocycles. The van der Waals surface area contributed by atoms with Gasteiger partial charge in [-0.3, -0.25) is 15.3 Å². The number of benzene rings is 2. The molecule has 0 saturated heterocycles. The molecule has 0 aromatic heterocycles. The number of nitrogens with one attached hydrogen (secondary N) is 2. The van der Waals surface area contributed by atoms with Crippen LogP contribution in [0.1, 0.15) is 65.5 Å². The van der Waals surface area contributed by atoms with Gasteiger partial charge in [0, 0.05) is 18.2 Å². The molecule has 0 bridgehead atoms. The molecular formula is C42H49F17N2O7Si. The third kappa shape index (κ3) is 13.1. The van der Waals surface area contributed by atoms with Crippen LogP contribution in [0, 0.1) is 5.92 Å². The zero-order valence-electron chi connectivity index (χ0n) is 37.3. The minimum absolute atomic E-state index is 0.129. The Morgan fingerprint density at radius 1 is 0.667 bits per heavy atom. The highest BCUT2D eigenvalue weighted by Gasteiger charge is 2.95. The van der Waals surface area contributed by atoms with E-state index in [1.54, 1.807) is 43.3 Å². The quantitative estimate of drug-likeness (QED) is 0.0163. The predicted molar refractivity (Wildman–Crippen MR) is 216 cm³/mol. The largest absolute Gasteiger partial charge is 0.497 e. The van der Waals surface area contributed by atoms with Gasteiger partial charge in [0.2, 0.25) is 0 Å². The maximum atomic E-state index is 15.0. The smallest absolute Gasteiger partial charge is 0.460 e. The molecule has 0 spiro atoms. The number of halogens is 17. The van der Waals surface area contributed by atoms with Crippen LogP contribution < -0.4 is 20.3 Å². The highest BCUT2D eigenvalue weighted by molar-refractivity contribution is 6.76. The van der Waals surface area contributed by atoms with E-state index in [2.05, 4.69) is 5.32 Å². The number of rotatable bonds is 26. The highest BCUT2D eigenvalue weighted by Crippen LogP contribution is 2.64. The van der Waals surface area contributed by atoms with Crippen LogP contribution in [0.5, 0.6) is 11.5 Å². The lowest BCUT2D eigenvalue weighted by Gasteiger charge is -2.44. The van der Waals surface area contributed by atoms with Gasteiger partial charge >= 0.3 is 53.7 Å². The van der Waals surface area contributed by atoms with Crippen molar-refractivity contribution in [3.05, 3.63) is 78.4 Å². The van der Waals surface area contributed by atoms with Crippen LogP contribution in [-0.2, 0) is 14.0 Å². The summed E-state index contributed by atoms with van der Waals surface area (Å²) in [6, 6.07) is 10.9. The van der Waals surface area contributed by atoms with Crippen LogP contribution in [-0.4, -0.2) is 93.5 Å². The monoisotopic (exact) mass is 1040 g/mol. The van der Waals surface area contributed by atoms with E-state index >= 15 is 8.78 Å². The van der Waals surface area contributed by atoms with Gasteiger partial charge in [-0.05, 0) is 77.8 Å². The molecule has 3 N–H and O–H groups in total. The van der Waals surface area contributed by atoms with Crippen molar-refractivity contribution < 1.29 is 108 Å². The number of hydrogen-bond acceptors (Lipinski definition) is 7. The van der Waals surface area contributed by atoms with Gasteiger partial charge in [0.1, 0.15) is 24.2 Å². The maximum Gasteiger partial charge on any atom is 0.460 e. The van der Waals surface area contributed by atoms with Gasteiger partial charge < -0.3 is 18.6 Å². The van der Waals surface area contributed by atoms with E-state index in [1.807, 2.05) is 0 Å². The number of allylic oxidation sites excluding steroid dienone is 3. The lowest BCUT2D eigenvalue weighted by molar-refractivity contribution is -0.461. The molecule has 392 valence electrons. The summed E-state index contributed by atoms with van der Waals surface area (Å²) >= 11 is 0. The number of carbonyl (C=O) groups is 2. The molecule has 2 aromatic rings. The fourth-order valence-electron chi connectivity index (χ4n) is 6.82. The van der Waals surface area contributed by atoms with E-state index in [4.69, 9.17) is 23.8 Å². The van der Waals surface area contributed by atoms with Gasteiger partial charge in [0.15, 0.2) is 8.32 Å². The van der Waals surface area contributed by atoms with E-state index in [1.165, 1.54) is 70.6 Å². The Labute approximate surface area is 385 Å². The normalized spacial score (nSPS) is 14.9. The van der Waals surface area contributed by atoms with Crippen LogP contribution >= 0.6 is 0 Å². The van der Waals surface area contributed by atoms with Crippen LogP contribution in [0.4, 0.5) is 85.1 Å². The van der Waals surface area contributed by atoms with Crippen molar-refractivity contribution in [1.82, 2.24) is 5.48 Å². The van der Waals surface area contributed by atoms with E-state index in [-0.39, 0.29) is 11.7 Å². The lowest BCUT2D eigenvalue weighted by Crippen LogP contribution is -2.74. The van der Waals surface area contributed by atoms with Crippen LogP contribution in [0.25, 0.3) is 0 Å². The third-order valence-corrected chi connectivity index (χ3v) is 16.7. The Kier molecular flexibility index (Phi) is 20.1. The maximum absolute atomic E-state index is 15.0. The molecule has 0 unspecified atom stereocenters. The number of hydrogen-bond donors (Lipinski definition) is 3. The second-order valence-electron chi connectivity index (χ2n) is 16.2. The van der Waals surface area contributed by atoms with E-state index < -0.39 is 111 Å². The van der Waals surface area contributed by atoms with Crippen molar-refractivity contribution in [1.29, 1.82) is 0 Å². The van der Waals surface area contributed by atoms with E-state index in [0.29, 0.717) is 29.8 Å². The van der Waals surface area contributed by atoms with Crippen molar-refractivity contribution in [2.24, 2.45) is 5.92 Å². The molecular weight excluding hydrogens is 996 g/mol. The summed E-state index contributed by atoms with van der Waals surface area (Å²) in [5, 5.41) is 11.2. The molecule has 2 amide bonds. The molecule has 0 radical (unpaired) electrons. The van der Waals surface area contributed by atoms with E-state index in [9.17, 15) is 75.4 Å². The zero-order valence-corrected chi connectivity index (χ0v) is 38.3. The first-order valence-corrected chi connectivity index (χ1v) is 22.7. The minimum Gasteiger partial charge on any atom is -0.497 e. The molecule has 0 aliphatic rings. The molecule has 69 heavy (non-hydrogen) atoms. The Bertz CT molecular complexity index is 2030. The first-order chi connectivity index (χ1) is 31.5. The summed E-state index contributed by atoms with van der Waals surface area (Å²) in [6.45, 7) is 6.10. The number of methoxy groups -OCH3 is 1. The van der Waals surface area contributed by atoms with Gasteiger partial charge in [0.25, 0.3) is 5.91 Å². The van der Waals surface area contributed by atoms with Crippen LogP contribution in [0.15, 0.2) is 72.8 Å². The van der Waals surface area contributed by atoms with Gasteiger partial charge in [-0.15, -0.1) is 0 Å². The molecule has 0 saturated carbocycles. The number of alkyl halides is 17. The molecule has 2 atom stereocenters. The van der Waals surface area contributed by atoms with Gasteiger partial charge in [-0.25, -0.2) is 10.3 Å². The molecule has 2 rings (SSSR count). The SMILES string of the molecule is COc1ccc(NC(=O)O[C@@H](c2ccc(OCCO[Si](CCC(F)(F)C(F)(F)C(F)(F)C(F)(F)C(F)(F)C(F)(F)C(F)(F)C(F)(F)F)(C(C)C)C(C)C)cc2)[C@@H](C)CC/C=C/C=C/C(=O)NO)cc1. The molecule has 9 nitrogen and oxygen atoms in total. The first-order valence-electron chi connectivity index (χ1n) is 20.4. The topological polar surface area (TPSA) is 115 Å². The number of ether oxygens (including phenoxy) is 3. The number of amides is 2. The Morgan fingerprint density at radius 3 is 1.64 bits per heavy atom. The molecule has 0 heterocycles. The summed E-state index contributed by atoms with van der Waals surface area (Å²) in [5.74, 6) is -57.3. The Hall–Kier alpha value is -4.79. The van der Waals surface area contributed by atoms with Gasteiger partial charge in [0.05, 0.1) is 13.7 Å². The van der Waals surface area contributed by atoms with E-state index in [0.717, 1.165) is 6.08 Å².